The van der Waals surface area contributed by atoms with Gasteiger partial charge in [0.1, 0.15) is 0 Å². The molecule has 0 bridgehead atoms. The van der Waals surface area contributed by atoms with E-state index in [-0.39, 0.29) is 11.9 Å². The highest BCUT2D eigenvalue weighted by Gasteiger charge is 2.33. The van der Waals surface area contributed by atoms with E-state index in [0.29, 0.717) is 59.2 Å². The van der Waals surface area contributed by atoms with E-state index in [0.717, 1.165) is 53.6 Å². The largest absolute Gasteiger partial charge is 0.490 e. The normalized spacial score (nSPS) is 17.6. The summed E-state index contributed by atoms with van der Waals surface area (Å²) in [5, 5.41) is 0. The number of rotatable bonds is 12. The molecule has 2 aliphatic heterocycles. The fourth-order valence-electron chi connectivity index (χ4n) is 5.25. The second-order valence-electron chi connectivity index (χ2n) is 9.46. The topological polar surface area (TPSA) is 69.7 Å². The summed E-state index contributed by atoms with van der Waals surface area (Å²) >= 11 is 0. The summed E-state index contributed by atoms with van der Waals surface area (Å²) < 4.78 is 29.0. The van der Waals surface area contributed by atoms with E-state index in [9.17, 15) is 4.79 Å². The minimum Gasteiger partial charge on any atom is -0.490 e. The van der Waals surface area contributed by atoms with Crippen molar-refractivity contribution in [3.8, 4) is 23.0 Å². The Balaban J connectivity index is 1.69. The summed E-state index contributed by atoms with van der Waals surface area (Å²) in [5.41, 5.74) is 3.41. The molecule has 1 amide bonds. The Morgan fingerprint density at radius 1 is 0.816 bits per heavy atom. The van der Waals surface area contributed by atoms with E-state index in [1.807, 2.05) is 44.7 Å². The van der Waals surface area contributed by atoms with Crippen molar-refractivity contribution in [1.29, 1.82) is 0 Å². The maximum Gasteiger partial charge on any atom is 0.237 e. The number of morpholine rings is 1. The van der Waals surface area contributed by atoms with Crippen LogP contribution < -0.4 is 18.9 Å². The number of hydrogen-bond acceptors (Lipinski definition) is 7. The molecular weight excluding hydrogens is 484 g/mol. The van der Waals surface area contributed by atoms with Crippen LogP contribution in [0.5, 0.6) is 23.0 Å². The number of carbonyl (C=O) groups excluding carboxylic acids is 1. The van der Waals surface area contributed by atoms with E-state index in [1.54, 1.807) is 0 Å². The maximum atomic E-state index is 13.7. The van der Waals surface area contributed by atoms with Crippen LogP contribution in [0.3, 0.4) is 0 Å². The van der Waals surface area contributed by atoms with E-state index in [1.165, 1.54) is 5.56 Å². The monoisotopic (exact) mass is 526 g/mol. The molecule has 38 heavy (non-hydrogen) atoms. The molecule has 0 aliphatic carbocycles. The SMILES string of the molecule is CCOc1ccc(CC2c3cc(OCC)c(OCC)cc3CCN2C(=O)CN2CCOCC2)cc1OCC. The molecule has 8 nitrogen and oxygen atoms in total. The minimum atomic E-state index is -0.130. The second kappa shape index (κ2) is 13.7. The molecule has 1 saturated heterocycles. The van der Waals surface area contributed by atoms with Gasteiger partial charge in [0, 0.05) is 19.6 Å². The molecule has 0 saturated carbocycles. The molecule has 1 fully saturated rings. The van der Waals surface area contributed by atoms with Crippen molar-refractivity contribution in [2.24, 2.45) is 0 Å². The van der Waals surface area contributed by atoms with Crippen LogP contribution >= 0.6 is 0 Å². The van der Waals surface area contributed by atoms with Gasteiger partial charge in [0.25, 0.3) is 0 Å². The first-order valence-corrected chi connectivity index (χ1v) is 14.0. The van der Waals surface area contributed by atoms with Gasteiger partial charge < -0.3 is 28.6 Å². The Bertz CT molecular complexity index is 1070. The highest BCUT2D eigenvalue weighted by atomic mass is 16.5. The number of benzene rings is 2. The lowest BCUT2D eigenvalue weighted by Gasteiger charge is -2.39. The van der Waals surface area contributed by atoms with Crippen LogP contribution in [0.2, 0.25) is 0 Å². The minimum absolute atomic E-state index is 0.130. The maximum absolute atomic E-state index is 13.7. The molecule has 1 atom stereocenters. The molecule has 8 heteroatoms. The molecule has 2 heterocycles. The lowest BCUT2D eigenvalue weighted by Crippen LogP contribution is -2.48. The number of fused-ring (bicyclic) bond motifs is 1. The van der Waals surface area contributed by atoms with Crippen molar-refractivity contribution in [1.82, 2.24) is 9.80 Å². The van der Waals surface area contributed by atoms with Gasteiger partial charge in [0.15, 0.2) is 23.0 Å². The van der Waals surface area contributed by atoms with Crippen LogP contribution in [0.25, 0.3) is 0 Å². The fourth-order valence-corrected chi connectivity index (χ4v) is 5.25. The summed E-state index contributed by atoms with van der Waals surface area (Å²) in [6.45, 7) is 14.1. The number of hydrogen-bond donors (Lipinski definition) is 0. The molecular formula is C30H42N2O6. The van der Waals surface area contributed by atoms with Gasteiger partial charge in [-0.15, -0.1) is 0 Å². The summed E-state index contributed by atoms with van der Waals surface area (Å²) in [6.07, 6.45) is 1.44. The van der Waals surface area contributed by atoms with E-state index < -0.39 is 0 Å². The second-order valence-corrected chi connectivity index (χ2v) is 9.46. The van der Waals surface area contributed by atoms with Gasteiger partial charge >= 0.3 is 0 Å². The zero-order valence-corrected chi connectivity index (χ0v) is 23.3. The number of nitrogens with zero attached hydrogens (tertiary/aromatic N) is 2. The summed E-state index contributed by atoms with van der Waals surface area (Å²) in [4.78, 5) is 17.9. The van der Waals surface area contributed by atoms with Crippen LogP contribution in [0.15, 0.2) is 30.3 Å². The predicted molar refractivity (Wildman–Crippen MR) is 147 cm³/mol. The Morgan fingerprint density at radius 3 is 2.08 bits per heavy atom. The first-order chi connectivity index (χ1) is 18.6. The Kier molecular flexibility index (Phi) is 10.1. The number of carbonyl (C=O) groups is 1. The van der Waals surface area contributed by atoms with E-state index >= 15 is 0 Å². The van der Waals surface area contributed by atoms with Crippen molar-refractivity contribution >= 4 is 5.91 Å². The van der Waals surface area contributed by atoms with Gasteiger partial charge in [-0.05, 0) is 81.5 Å². The lowest BCUT2D eigenvalue weighted by molar-refractivity contribution is -0.136. The van der Waals surface area contributed by atoms with Crippen molar-refractivity contribution < 1.29 is 28.5 Å². The fraction of sp³-hybridized carbons (Fsp3) is 0.567. The van der Waals surface area contributed by atoms with Crippen molar-refractivity contribution in [3.05, 3.63) is 47.0 Å². The average Bonchev–Trinajstić information content (AvgIpc) is 2.92. The van der Waals surface area contributed by atoms with Gasteiger partial charge in [-0.2, -0.15) is 0 Å². The van der Waals surface area contributed by atoms with Crippen LogP contribution in [-0.2, 0) is 22.4 Å². The molecule has 0 N–H and O–H groups in total. The molecule has 2 aliphatic rings. The van der Waals surface area contributed by atoms with Gasteiger partial charge in [-0.25, -0.2) is 0 Å². The summed E-state index contributed by atoms with van der Waals surface area (Å²) in [7, 11) is 0. The number of amides is 1. The van der Waals surface area contributed by atoms with Gasteiger partial charge in [-0.1, -0.05) is 6.07 Å². The van der Waals surface area contributed by atoms with Crippen LogP contribution in [0, 0.1) is 0 Å². The van der Waals surface area contributed by atoms with Crippen LogP contribution in [0.1, 0.15) is 50.4 Å². The Morgan fingerprint density at radius 2 is 1.42 bits per heavy atom. The average molecular weight is 527 g/mol. The van der Waals surface area contributed by atoms with Crippen molar-refractivity contribution in [3.63, 3.8) is 0 Å². The third-order valence-electron chi connectivity index (χ3n) is 6.98. The van der Waals surface area contributed by atoms with Gasteiger partial charge in [0.2, 0.25) is 5.91 Å². The predicted octanol–water partition coefficient (Wildman–Crippen LogP) is 4.28. The van der Waals surface area contributed by atoms with E-state index in [4.69, 9.17) is 23.7 Å². The number of ether oxygens (including phenoxy) is 5. The highest BCUT2D eigenvalue weighted by Crippen LogP contribution is 2.41. The third-order valence-corrected chi connectivity index (χ3v) is 6.98. The molecule has 0 radical (unpaired) electrons. The Hall–Kier alpha value is -2.97. The van der Waals surface area contributed by atoms with E-state index in [2.05, 4.69) is 23.1 Å². The molecule has 1 unspecified atom stereocenters. The molecule has 4 rings (SSSR count). The molecule has 0 aromatic heterocycles. The summed E-state index contributed by atoms with van der Waals surface area (Å²) in [6, 6.07) is 10.1. The standard InChI is InChI=1S/C30H42N2O6/c1-5-35-26-10-9-22(18-27(26)36-6-2)17-25-24-20-29(38-8-4)28(37-7-3)19-23(24)11-12-32(25)30(33)21-31-13-15-34-16-14-31/h9-10,18-20,25H,5-8,11-17,21H2,1-4H3. The van der Waals surface area contributed by atoms with Crippen molar-refractivity contribution in [2.75, 3.05) is 65.8 Å². The van der Waals surface area contributed by atoms with Crippen LogP contribution in [-0.4, -0.2) is 81.5 Å². The lowest BCUT2D eigenvalue weighted by atomic mass is 9.88. The molecule has 2 aromatic rings. The summed E-state index contributed by atoms with van der Waals surface area (Å²) in [5.74, 6) is 3.10. The highest BCUT2D eigenvalue weighted by molar-refractivity contribution is 5.79. The molecule has 0 spiro atoms. The van der Waals surface area contributed by atoms with Crippen molar-refractivity contribution in [2.45, 2.75) is 46.6 Å². The molecule has 208 valence electrons. The smallest absolute Gasteiger partial charge is 0.237 e. The first kappa shape index (κ1) is 28.0. The van der Waals surface area contributed by atoms with Crippen LogP contribution in [0.4, 0.5) is 0 Å². The van der Waals surface area contributed by atoms with Gasteiger partial charge in [0.05, 0.1) is 52.2 Å². The first-order valence-electron chi connectivity index (χ1n) is 14.0. The zero-order valence-electron chi connectivity index (χ0n) is 23.3. The Labute approximate surface area is 226 Å². The van der Waals surface area contributed by atoms with Gasteiger partial charge in [-0.3, -0.25) is 9.69 Å². The molecule has 2 aromatic carbocycles. The zero-order chi connectivity index (χ0) is 26.9. The quantitative estimate of drug-likeness (QED) is 0.409. The third kappa shape index (κ3) is 6.72.